The second kappa shape index (κ2) is 3.61. The van der Waals surface area contributed by atoms with Crippen molar-refractivity contribution in [3.05, 3.63) is 33.7 Å². The van der Waals surface area contributed by atoms with Crippen molar-refractivity contribution in [3.63, 3.8) is 0 Å². The van der Waals surface area contributed by atoms with E-state index < -0.39 is 0 Å². The van der Waals surface area contributed by atoms with Gasteiger partial charge in [0.25, 0.3) is 0 Å². The predicted molar refractivity (Wildman–Crippen MR) is 65.7 cm³/mol. The number of halogens is 1. The molecule has 0 atom stereocenters. The molecule has 0 bridgehead atoms. The molecule has 2 aromatic rings. The second-order valence-electron chi connectivity index (χ2n) is 3.75. The van der Waals surface area contributed by atoms with Gasteiger partial charge in [-0.05, 0) is 28.1 Å². The van der Waals surface area contributed by atoms with Crippen LogP contribution in [0.4, 0.5) is 0 Å². The average molecular weight is 280 g/mol. The smallest absolute Gasteiger partial charge is 0.138 e. The Bertz CT molecular complexity index is 588. The van der Waals surface area contributed by atoms with E-state index in [1.807, 2.05) is 12.1 Å². The van der Waals surface area contributed by atoms with Gasteiger partial charge in [0.1, 0.15) is 5.65 Å². The molecule has 0 fully saturated rings. The van der Waals surface area contributed by atoms with Crippen LogP contribution in [0, 0.1) is 0 Å². The van der Waals surface area contributed by atoms with Crippen LogP contribution in [0.15, 0.2) is 22.4 Å². The zero-order chi connectivity index (χ0) is 11.1. The molecule has 0 amide bonds. The van der Waals surface area contributed by atoms with E-state index >= 15 is 0 Å². The number of rotatable bonds is 1. The normalized spacial score (nSPS) is 14.5. The fourth-order valence-corrected chi connectivity index (χ4v) is 2.28. The number of H-pyrrole nitrogens is 1. The number of hydrogen-bond acceptors (Lipinski definition) is 3. The van der Waals surface area contributed by atoms with Crippen LogP contribution >= 0.6 is 15.9 Å². The number of fused-ring (bicyclic) bond motifs is 3. The summed E-state index contributed by atoms with van der Waals surface area (Å²) in [6.07, 6.45) is 3.74. The fourth-order valence-electron chi connectivity index (χ4n) is 1.95. The van der Waals surface area contributed by atoms with Crippen molar-refractivity contribution in [1.29, 1.82) is 0 Å². The van der Waals surface area contributed by atoms with Crippen LogP contribution in [0.2, 0.25) is 0 Å². The van der Waals surface area contributed by atoms with E-state index in [2.05, 4.69) is 31.2 Å². The van der Waals surface area contributed by atoms with Gasteiger partial charge in [-0.3, -0.25) is 0 Å². The lowest BCUT2D eigenvalue weighted by Crippen LogP contribution is -2.19. The lowest BCUT2D eigenvalue weighted by atomic mass is 10.1. The lowest BCUT2D eigenvalue weighted by molar-refractivity contribution is 0.321. The van der Waals surface area contributed by atoms with Gasteiger partial charge in [-0.2, -0.15) is 0 Å². The molecule has 0 aromatic carbocycles. The Morgan fingerprint density at radius 3 is 3.19 bits per heavy atom. The third kappa shape index (κ3) is 1.44. The summed E-state index contributed by atoms with van der Waals surface area (Å²) >= 11 is 3.42. The maximum absolute atomic E-state index is 9.11. The summed E-state index contributed by atoms with van der Waals surface area (Å²) in [6, 6.07) is 2.04. The lowest BCUT2D eigenvalue weighted by Gasteiger charge is -2.14. The first-order valence-electron chi connectivity index (χ1n) is 4.99. The van der Waals surface area contributed by atoms with Gasteiger partial charge in [-0.15, -0.1) is 0 Å². The Hall–Kier alpha value is -1.33. The molecule has 0 saturated heterocycles. The first kappa shape index (κ1) is 9.86. The zero-order valence-electron chi connectivity index (χ0n) is 8.42. The number of aromatic amines is 1. The molecule has 4 nitrogen and oxygen atoms in total. The van der Waals surface area contributed by atoms with Crippen molar-refractivity contribution >= 4 is 33.0 Å². The average Bonchev–Trinajstić information content (AvgIpc) is 2.66. The van der Waals surface area contributed by atoms with Gasteiger partial charge in [0, 0.05) is 33.0 Å². The number of hydrogen-bond donors (Lipinski definition) is 3. The van der Waals surface area contributed by atoms with Crippen LogP contribution in [0.5, 0.6) is 0 Å². The van der Waals surface area contributed by atoms with Gasteiger partial charge in [0.05, 0.1) is 13.2 Å². The highest BCUT2D eigenvalue weighted by molar-refractivity contribution is 9.10. The van der Waals surface area contributed by atoms with Crippen molar-refractivity contribution in [2.75, 3.05) is 6.61 Å². The van der Waals surface area contributed by atoms with Crippen molar-refractivity contribution in [1.82, 2.24) is 15.3 Å². The molecular weight excluding hydrogens is 270 g/mol. The van der Waals surface area contributed by atoms with Gasteiger partial charge in [0.2, 0.25) is 0 Å². The molecule has 1 aliphatic rings. The van der Waals surface area contributed by atoms with Gasteiger partial charge >= 0.3 is 0 Å². The summed E-state index contributed by atoms with van der Waals surface area (Å²) in [5, 5.41) is 13.3. The largest absolute Gasteiger partial charge is 0.390 e. The van der Waals surface area contributed by atoms with Crippen LogP contribution in [0.1, 0.15) is 11.3 Å². The molecule has 0 unspecified atom stereocenters. The molecule has 3 heterocycles. The van der Waals surface area contributed by atoms with Crippen molar-refractivity contribution in [2.45, 2.75) is 6.54 Å². The molecule has 5 heteroatoms. The van der Waals surface area contributed by atoms with Crippen molar-refractivity contribution in [2.24, 2.45) is 0 Å². The minimum Gasteiger partial charge on any atom is -0.390 e. The molecule has 1 aliphatic heterocycles. The Labute approximate surface area is 101 Å². The SMILES string of the molecule is OCC1=Cc2c([nH]c3ncc(Br)cc23)CN1. The number of aromatic nitrogens is 2. The summed E-state index contributed by atoms with van der Waals surface area (Å²) < 4.78 is 0.958. The van der Waals surface area contributed by atoms with E-state index in [0.717, 1.165) is 32.5 Å². The quantitative estimate of drug-likeness (QED) is 0.746. The molecule has 2 aromatic heterocycles. The van der Waals surface area contributed by atoms with Crippen molar-refractivity contribution in [3.8, 4) is 0 Å². The van der Waals surface area contributed by atoms with Crippen LogP contribution in [-0.4, -0.2) is 21.7 Å². The summed E-state index contributed by atoms with van der Waals surface area (Å²) in [6.45, 7) is 0.739. The first-order valence-corrected chi connectivity index (χ1v) is 5.78. The first-order chi connectivity index (χ1) is 7.78. The fraction of sp³-hybridized carbons (Fsp3) is 0.182. The summed E-state index contributed by atoms with van der Waals surface area (Å²) in [5.74, 6) is 0. The number of aliphatic hydroxyl groups is 1. The minimum absolute atomic E-state index is 0.0353. The maximum Gasteiger partial charge on any atom is 0.138 e. The molecule has 82 valence electrons. The van der Waals surface area contributed by atoms with Crippen LogP contribution < -0.4 is 5.32 Å². The van der Waals surface area contributed by atoms with Crippen LogP contribution in [0.3, 0.4) is 0 Å². The third-order valence-electron chi connectivity index (χ3n) is 2.72. The number of nitrogens with zero attached hydrogens (tertiary/aromatic N) is 1. The van der Waals surface area contributed by atoms with Gasteiger partial charge < -0.3 is 15.4 Å². The zero-order valence-corrected chi connectivity index (χ0v) is 10.0. The van der Waals surface area contributed by atoms with Gasteiger partial charge in [-0.25, -0.2) is 4.98 Å². The molecule has 0 aliphatic carbocycles. The Morgan fingerprint density at radius 2 is 2.38 bits per heavy atom. The number of aliphatic hydroxyl groups excluding tert-OH is 1. The maximum atomic E-state index is 9.11. The molecule has 3 N–H and O–H groups in total. The summed E-state index contributed by atoms with van der Waals surface area (Å²) in [7, 11) is 0. The van der Waals surface area contributed by atoms with Crippen LogP contribution in [0.25, 0.3) is 17.1 Å². The topological polar surface area (TPSA) is 60.9 Å². The molecule has 0 spiro atoms. The molecule has 3 rings (SSSR count). The standard InChI is InChI=1S/C11H10BrN3O/c12-6-1-9-8-2-7(5-16)13-4-10(8)15-11(9)14-3-6/h1-3,13,16H,4-5H2,(H,14,15). The Balaban J connectivity index is 2.27. The molecular formula is C11H10BrN3O. The van der Waals surface area contributed by atoms with Gasteiger partial charge in [-0.1, -0.05) is 0 Å². The number of nitrogens with one attached hydrogen (secondary N) is 2. The predicted octanol–water partition coefficient (Wildman–Crippen LogP) is 1.76. The highest BCUT2D eigenvalue weighted by Crippen LogP contribution is 2.27. The second-order valence-corrected chi connectivity index (χ2v) is 4.66. The molecule has 0 radical (unpaired) electrons. The van der Waals surface area contributed by atoms with E-state index in [0.29, 0.717) is 6.54 Å². The third-order valence-corrected chi connectivity index (χ3v) is 3.15. The molecule has 16 heavy (non-hydrogen) atoms. The van der Waals surface area contributed by atoms with Gasteiger partial charge in [0.15, 0.2) is 0 Å². The van der Waals surface area contributed by atoms with E-state index in [1.165, 1.54) is 0 Å². The van der Waals surface area contributed by atoms with Crippen LogP contribution in [-0.2, 0) is 6.54 Å². The minimum atomic E-state index is 0.0353. The highest BCUT2D eigenvalue weighted by Gasteiger charge is 2.15. The van der Waals surface area contributed by atoms with E-state index in [-0.39, 0.29) is 6.61 Å². The summed E-state index contributed by atoms with van der Waals surface area (Å²) in [4.78, 5) is 7.58. The molecule has 0 saturated carbocycles. The number of pyridine rings is 1. The van der Waals surface area contributed by atoms with E-state index in [1.54, 1.807) is 6.20 Å². The summed E-state index contributed by atoms with van der Waals surface area (Å²) in [5.41, 5.74) is 3.95. The monoisotopic (exact) mass is 279 g/mol. The van der Waals surface area contributed by atoms with E-state index in [4.69, 9.17) is 5.11 Å². The Kier molecular flexibility index (Phi) is 2.22. The van der Waals surface area contributed by atoms with Crippen molar-refractivity contribution < 1.29 is 5.11 Å². The highest BCUT2D eigenvalue weighted by atomic mass is 79.9. The van der Waals surface area contributed by atoms with E-state index in [9.17, 15) is 0 Å². The Morgan fingerprint density at radius 1 is 1.50 bits per heavy atom.